The molecule has 0 spiro atoms. The molecule has 2 nitrogen and oxygen atoms in total. The number of anilines is 3. The van der Waals surface area contributed by atoms with Crippen molar-refractivity contribution in [2.75, 3.05) is 4.90 Å². The number of fused-ring (bicyclic) bond motifs is 3. The highest BCUT2D eigenvalue weighted by molar-refractivity contribution is 6.27. The van der Waals surface area contributed by atoms with Crippen LogP contribution in [-0.2, 0) is 10.8 Å². The Balaban J connectivity index is 1.06. The van der Waals surface area contributed by atoms with Gasteiger partial charge in [-0.1, -0.05) is 199 Å². The summed E-state index contributed by atoms with van der Waals surface area (Å²) < 4.78 is 2.52. The highest BCUT2D eigenvalue weighted by Gasteiger charge is 2.24. The molecule has 0 N–H and O–H groups in total. The Kier molecular flexibility index (Phi) is 9.67. The molecule has 0 amide bonds. The first-order chi connectivity index (χ1) is 33.0. The highest BCUT2D eigenvalue weighted by atomic mass is 15.1. The van der Waals surface area contributed by atoms with E-state index >= 15 is 0 Å². The lowest BCUT2D eigenvalue weighted by Gasteiger charge is -2.28. The van der Waals surface area contributed by atoms with E-state index in [4.69, 9.17) is 0 Å². The van der Waals surface area contributed by atoms with Gasteiger partial charge in [0.1, 0.15) is 0 Å². The third-order valence-corrected chi connectivity index (χ3v) is 14.3. The normalized spacial score (nSPS) is 12.3. The van der Waals surface area contributed by atoms with E-state index in [1.807, 2.05) is 0 Å². The summed E-state index contributed by atoms with van der Waals surface area (Å²) in [5.41, 5.74) is 17.0. The van der Waals surface area contributed by atoms with Gasteiger partial charge in [-0.2, -0.15) is 0 Å². The van der Waals surface area contributed by atoms with Gasteiger partial charge in [-0.25, -0.2) is 0 Å². The maximum absolute atomic E-state index is 2.52. The van der Waals surface area contributed by atoms with Crippen molar-refractivity contribution in [2.24, 2.45) is 0 Å². The van der Waals surface area contributed by atoms with E-state index in [0.29, 0.717) is 0 Å². The third kappa shape index (κ3) is 6.94. The Morgan fingerprint density at radius 3 is 1.31 bits per heavy atom. The van der Waals surface area contributed by atoms with Crippen molar-refractivity contribution >= 4 is 71.2 Å². The lowest BCUT2D eigenvalue weighted by Crippen LogP contribution is -2.10. The summed E-state index contributed by atoms with van der Waals surface area (Å²) >= 11 is 0. The Labute approximate surface area is 399 Å². The summed E-state index contributed by atoms with van der Waals surface area (Å²) in [4.78, 5) is 2.45. The Hall–Kier alpha value is -7.94. The van der Waals surface area contributed by atoms with Crippen LogP contribution >= 0.6 is 0 Å². The lowest BCUT2D eigenvalue weighted by molar-refractivity contribution is 0.590. The molecule has 328 valence electrons. The number of hydrogen-bond donors (Lipinski definition) is 0. The first kappa shape index (κ1) is 41.5. The molecular formula is C66H54N2. The van der Waals surface area contributed by atoms with Gasteiger partial charge < -0.3 is 9.47 Å². The van der Waals surface area contributed by atoms with Crippen molar-refractivity contribution in [3.8, 4) is 39.1 Å². The molecule has 12 aromatic rings. The van der Waals surface area contributed by atoms with Crippen LogP contribution in [0.25, 0.3) is 93.2 Å². The Morgan fingerprint density at radius 2 is 0.765 bits per heavy atom. The summed E-state index contributed by atoms with van der Waals surface area (Å²) in [6.45, 7) is 13.9. The average Bonchev–Trinajstić information content (AvgIpc) is 3.69. The van der Waals surface area contributed by atoms with Crippen LogP contribution < -0.4 is 4.90 Å². The molecular weight excluding hydrogens is 821 g/mol. The van der Waals surface area contributed by atoms with Gasteiger partial charge in [-0.15, -0.1) is 0 Å². The van der Waals surface area contributed by atoms with E-state index in [-0.39, 0.29) is 10.8 Å². The molecule has 0 saturated heterocycles. The minimum absolute atomic E-state index is 0.0304. The van der Waals surface area contributed by atoms with Crippen molar-refractivity contribution in [3.63, 3.8) is 0 Å². The Morgan fingerprint density at radius 1 is 0.338 bits per heavy atom. The van der Waals surface area contributed by atoms with Crippen LogP contribution in [0.4, 0.5) is 17.1 Å². The van der Waals surface area contributed by atoms with Gasteiger partial charge in [0.15, 0.2) is 0 Å². The molecule has 11 aromatic carbocycles. The van der Waals surface area contributed by atoms with Gasteiger partial charge in [0.25, 0.3) is 0 Å². The zero-order valence-electron chi connectivity index (χ0n) is 39.7. The molecule has 68 heavy (non-hydrogen) atoms. The van der Waals surface area contributed by atoms with Crippen LogP contribution in [0.15, 0.2) is 218 Å². The topological polar surface area (TPSA) is 8.17 Å². The highest BCUT2D eigenvalue weighted by Crippen LogP contribution is 2.47. The quantitative estimate of drug-likeness (QED) is 0.145. The molecule has 0 fully saturated rings. The first-order valence-corrected chi connectivity index (χ1v) is 24.0. The second-order valence-electron chi connectivity index (χ2n) is 20.6. The van der Waals surface area contributed by atoms with Crippen LogP contribution in [0.2, 0.25) is 0 Å². The van der Waals surface area contributed by atoms with Crippen molar-refractivity contribution in [1.82, 2.24) is 4.57 Å². The monoisotopic (exact) mass is 874 g/mol. The molecule has 1 aromatic heterocycles. The average molecular weight is 875 g/mol. The maximum atomic E-state index is 2.52. The molecule has 0 unspecified atom stereocenters. The fourth-order valence-electron chi connectivity index (χ4n) is 10.6. The smallest absolute Gasteiger partial charge is 0.0541 e. The first-order valence-electron chi connectivity index (χ1n) is 24.0. The van der Waals surface area contributed by atoms with Crippen molar-refractivity contribution in [1.29, 1.82) is 0 Å². The van der Waals surface area contributed by atoms with Crippen LogP contribution in [0, 0.1) is 0 Å². The van der Waals surface area contributed by atoms with Crippen LogP contribution in [0.5, 0.6) is 0 Å². The number of hydrogen-bond acceptors (Lipinski definition) is 1. The number of aromatic nitrogens is 1. The van der Waals surface area contributed by atoms with Crippen LogP contribution in [0.3, 0.4) is 0 Å². The summed E-state index contributed by atoms with van der Waals surface area (Å²) in [7, 11) is 0. The molecule has 0 saturated carbocycles. The standard InChI is InChI=1S/C66H54N2/c1-65(2,3)49-29-39-61-57(41-49)58-42-50(66(4,5)6)30-40-62(58)68(61)60-38-28-48-25-35-55-59(37-27-47-26-36-56(60)64(48)63(47)55)67(51-31-21-44(22-32-51)43-15-9-7-10-16-43)52-33-23-46(24-34-52)54-20-14-13-19-53(54)45-17-11-8-12-18-45/h7-42H,1-6H3. The fourth-order valence-corrected chi connectivity index (χ4v) is 10.6. The number of rotatable bonds is 7. The molecule has 2 heteroatoms. The van der Waals surface area contributed by atoms with Crippen LogP contribution in [0.1, 0.15) is 52.7 Å². The van der Waals surface area contributed by atoms with Gasteiger partial charge in [0.05, 0.1) is 22.4 Å². The van der Waals surface area contributed by atoms with Crippen LogP contribution in [-0.4, -0.2) is 4.57 Å². The molecule has 12 rings (SSSR count). The van der Waals surface area contributed by atoms with E-state index in [1.54, 1.807) is 0 Å². The van der Waals surface area contributed by atoms with E-state index in [9.17, 15) is 0 Å². The Bertz CT molecular complexity index is 3750. The fraction of sp³-hybridized carbons (Fsp3) is 0.121. The zero-order valence-corrected chi connectivity index (χ0v) is 39.7. The minimum atomic E-state index is 0.0304. The number of nitrogens with zero attached hydrogens (tertiary/aromatic N) is 2. The molecule has 1 heterocycles. The number of benzene rings is 11. The summed E-state index contributed by atoms with van der Waals surface area (Å²) in [5.74, 6) is 0. The third-order valence-electron chi connectivity index (χ3n) is 14.3. The summed E-state index contributed by atoms with van der Waals surface area (Å²) in [5, 5.41) is 10.1. The minimum Gasteiger partial charge on any atom is -0.310 e. The second kappa shape index (κ2) is 15.9. The van der Waals surface area contributed by atoms with Gasteiger partial charge in [-0.05, 0) is 138 Å². The lowest BCUT2D eigenvalue weighted by atomic mass is 9.85. The van der Waals surface area contributed by atoms with Crippen molar-refractivity contribution in [2.45, 2.75) is 52.4 Å². The van der Waals surface area contributed by atoms with E-state index in [0.717, 1.165) is 17.1 Å². The van der Waals surface area contributed by atoms with Gasteiger partial charge >= 0.3 is 0 Å². The summed E-state index contributed by atoms with van der Waals surface area (Å²) in [6.07, 6.45) is 0. The molecule has 0 radical (unpaired) electrons. The van der Waals surface area contributed by atoms with Crippen molar-refractivity contribution in [3.05, 3.63) is 230 Å². The molecule has 0 aliphatic heterocycles. The molecule has 0 bridgehead atoms. The SMILES string of the molecule is CC(C)(C)c1ccc2c(c1)c1cc(C(C)(C)C)ccc1n2-c1ccc2ccc3c(N(c4ccc(-c5ccccc5)cc4)c4ccc(-c5ccccc5-c5ccccc5)cc4)ccc4ccc1c2c43. The van der Waals surface area contributed by atoms with E-state index < -0.39 is 0 Å². The molecule has 0 aliphatic rings. The largest absolute Gasteiger partial charge is 0.310 e. The zero-order chi connectivity index (χ0) is 46.3. The van der Waals surface area contributed by atoms with Crippen molar-refractivity contribution < 1.29 is 0 Å². The van der Waals surface area contributed by atoms with E-state index in [2.05, 4.69) is 269 Å². The predicted octanol–water partition coefficient (Wildman–Crippen LogP) is 18.7. The predicted molar refractivity (Wildman–Crippen MR) is 293 cm³/mol. The van der Waals surface area contributed by atoms with Gasteiger partial charge in [0.2, 0.25) is 0 Å². The summed E-state index contributed by atoms with van der Waals surface area (Å²) in [6, 6.07) is 81.2. The van der Waals surface area contributed by atoms with Gasteiger partial charge in [0, 0.05) is 32.9 Å². The second-order valence-corrected chi connectivity index (χ2v) is 20.6. The maximum Gasteiger partial charge on any atom is 0.0541 e. The van der Waals surface area contributed by atoms with E-state index in [1.165, 1.54) is 104 Å². The van der Waals surface area contributed by atoms with Gasteiger partial charge in [-0.3, -0.25) is 0 Å². The molecule has 0 aliphatic carbocycles. The molecule has 0 atom stereocenters.